The SMILES string of the molecule is CCC(=O)[C@H](C)[C@H](Nc1ccc(OC)cc1)C(=O)O. The predicted molar refractivity (Wildman–Crippen MR) is 72.5 cm³/mol. The standard InChI is InChI=1S/C14H19NO4/c1-4-12(16)9(2)13(14(17)18)15-10-5-7-11(19-3)8-6-10/h5-9,13,15H,4H2,1-3H3,(H,17,18)/t9-,13-/m0/s1. The lowest BCUT2D eigenvalue weighted by Crippen LogP contribution is -2.39. The second-order valence-electron chi connectivity index (χ2n) is 4.30. The summed E-state index contributed by atoms with van der Waals surface area (Å²) in [5.41, 5.74) is 0.643. The molecule has 0 spiro atoms. The first-order valence-electron chi connectivity index (χ1n) is 6.15. The van der Waals surface area contributed by atoms with Crippen molar-refractivity contribution in [3.05, 3.63) is 24.3 Å². The summed E-state index contributed by atoms with van der Waals surface area (Å²) in [5.74, 6) is -1.00. The number of benzene rings is 1. The van der Waals surface area contributed by atoms with Crippen molar-refractivity contribution in [2.75, 3.05) is 12.4 Å². The van der Waals surface area contributed by atoms with E-state index in [4.69, 9.17) is 4.74 Å². The number of carbonyl (C=O) groups is 2. The van der Waals surface area contributed by atoms with Gasteiger partial charge in [-0.15, -0.1) is 0 Å². The van der Waals surface area contributed by atoms with Crippen LogP contribution in [-0.2, 0) is 9.59 Å². The number of ether oxygens (including phenoxy) is 1. The second kappa shape index (κ2) is 6.78. The summed E-state index contributed by atoms with van der Waals surface area (Å²) in [7, 11) is 1.56. The molecule has 0 amide bonds. The maximum Gasteiger partial charge on any atom is 0.326 e. The summed E-state index contributed by atoms with van der Waals surface area (Å²) in [6.07, 6.45) is 0.329. The van der Waals surface area contributed by atoms with Crippen molar-refractivity contribution in [3.63, 3.8) is 0 Å². The highest BCUT2D eigenvalue weighted by atomic mass is 16.5. The predicted octanol–water partition coefficient (Wildman–Crippen LogP) is 2.18. The average Bonchev–Trinajstić information content (AvgIpc) is 2.43. The van der Waals surface area contributed by atoms with Crippen molar-refractivity contribution in [1.82, 2.24) is 0 Å². The van der Waals surface area contributed by atoms with Crippen LogP contribution in [0.5, 0.6) is 5.75 Å². The van der Waals surface area contributed by atoms with Gasteiger partial charge >= 0.3 is 5.97 Å². The van der Waals surface area contributed by atoms with Gasteiger partial charge in [0, 0.05) is 18.0 Å². The van der Waals surface area contributed by atoms with E-state index in [1.807, 2.05) is 0 Å². The fourth-order valence-electron chi connectivity index (χ4n) is 1.78. The Kier molecular flexibility index (Phi) is 5.36. The van der Waals surface area contributed by atoms with Gasteiger partial charge in [-0.2, -0.15) is 0 Å². The number of hydrogen-bond acceptors (Lipinski definition) is 4. The molecule has 0 aliphatic heterocycles. The molecule has 1 aromatic rings. The summed E-state index contributed by atoms with van der Waals surface area (Å²) in [4.78, 5) is 22.9. The fourth-order valence-corrected chi connectivity index (χ4v) is 1.78. The lowest BCUT2D eigenvalue weighted by molar-refractivity contribution is -0.141. The summed E-state index contributed by atoms with van der Waals surface area (Å²) >= 11 is 0. The Hall–Kier alpha value is -2.04. The van der Waals surface area contributed by atoms with Gasteiger partial charge in [0.15, 0.2) is 0 Å². The van der Waals surface area contributed by atoms with E-state index in [0.29, 0.717) is 17.9 Å². The molecule has 0 fully saturated rings. The average molecular weight is 265 g/mol. The van der Waals surface area contributed by atoms with E-state index in [0.717, 1.165) is 0 Å². The molecule has 1 rings (SSSR count). The molecular formula is C14H19NO4. The van der Waals surface area contributed by atoms with Gasteiger partial charge in [-0.25, -0.2) is 4.79 Å². The van der Waals surface area contributed by atoms with E-state index >= 15 is 0 Å². The van der Waals surface area contributed by atoms with Crippen LogP contribution >= 0.6 is 0 Å². The number of Topliss-reactive ketones (excluding diaryl/α,β-unsaturated/α-hetero) is 1. The zero-order chi connectivity index (χ0) is 14.4. The zero-order valence-electron chi connectivity index (χ0n) is 11.3. The smallest absolute Gasteiger partial charge is 0.326 e. The molecule has 1 aromatic carbocycles. The van der Waals surface area contributed by atoms with Crippen molar-refractivity contribution in [2.45, 2.75) is 26.3 Å². The van der Waals surface area contributed by atoms with Crippen LogP contribution in [0.25, 0.3) is 0 Å². The largest absolute Gasteiger partial charge is 0.497 e. The minimum absolute atomic E-state index is 0.0755. The van der Waals surface area contributed by atoms with Gasteiger partial charge in [-0.05, 0) is 24.3 Å². The molecule has 0 aliphatic carbocycles. The molecule has 2 atom stereocenters. The Labute approximate surface area is 112 Å². The van der Waals surface area contributed by atoms with Crippen LogP contribution in [0.15, 0.2) is 24.3 Å². The first-order valence-corrected chi connectivity index (χ1v) is 6.15. The monoisotopic (exact) mass is 265 g/mol. The molecule has 5 nitrogen and oxygen atoms in total. The molecule has 0 unspecified atom stereocenters. The maximum absolute atomic E-state index is 11.6. The summed E-state index contributed by atoms with van der Waals surface area (Å²) < 4.78 is 5.03. The molecular weight excluding hydrogens is 246 g/mol. The molecule has 19 heavy (non-hydrogen) atoms. The third-order valence-electron chi connectivity index (χ3n) is 3.03. The van der Waals surface area contributed by atoms with Crippen molar-refractivity contribution in [1.29, 1.82) is 0 Å². The van der Waals surface area contributed by atoms with Crippen molar-refractivity contribution in [3.8, 4) is 5.75 Å². The number of carboxylic acid groups (broad SMARTS) is 1. The normalized spacial score (nSPS) is 13.4. The van der Waals surface area contributed by atoms with E-state index in [1.165, 1.54) is 0 Å². The first kappa shape index (κ1) is 15.0. The van der Waals surface area contributed by atoms with Crippen LogP contribution in [-0.4, -0.2) is 30.0 Å². The Balaban J connectivity index is 2.83. The number of methoxy groups -OCH3 is 1. The molecule has 0 radical (unpaired) electrons. The number of carboxylic acids is 1. The van der Waals surface area contributed by atoms with E-state index in [9.17, 15) is 14.7 Å². The van der Waals surface area contributed by atoms with Gasteiger partial charge in [0.1, 0.15) is 17.6 Å². The summed E-state index contributed by atoms with van der Waals surface area (Å²) in [5, 5.41) is 12.1. The summed E-state index contributed by atoms with van der Waals surface area (Å²) in [6, 6.07) is 5.97. The molecule has 5 heteroatoms. The Morgan fingerprint density at radius 1 is 1.32 bits per heavy atom. The zero-order valence-corrected chi connectivity index (χ0v) is 11.3. The molecule has 0 heterocycles. The molecule has 0 saturated heterocycles. The van der Waals surface area contributed by atoms with Crippen molar-refractivity contribution >= 4 is 17.4 Å². The Bertz CT molecular complexity index is 441. The quantitative estimate of drug-likeness (QED) is 0.790. The van der Waals surface area contributed by atoms with Crippen LogP contribution in [0.4, 0.5) is 5.69 Å². The molecule has 104 valence electrons. The Morgan fingerprint density at radius 2 is 1.89 bits per heavy atom. The maximum atomic E-state index is 11.6. The van der Waals surface area contributed by atoms with Crippen molar-refractivity contribution < 1.29 is 19.4 Å². The molecule has 0 aliphatic rings. The number of aliphatic carboxylic acids is 1. The topological polar surface area (TPSA) is 75.6 Å². The van der Waals surface area contributed by atoms with Crippen LogP contribution in [0.2, 0.25) is 0 Å². The highest BCUT2D eigenvalue weighted by Crippen LogP contribution is 2.18. The van der Waals surface area contributed by atoms with E-state index < -0.39 is 17.9 Å². The fraction of sp³-hybridized carbons (Fsp3) is 0.429. The number of ketones is 1. The van der Waals surface area contributed by atoms with Gasteiger partial charge in [-0.3, -0.25) is 4.79 Å². The molecule has 2 N–H and O–H groups in total. The second-order valence-corrected chi connectivity index (χ2v) is 4.30. The van der Waals surface area contributed by atoms with Crippen LogP contribution in [0, 0.1) is 5.92 Å². The number of nitrogens with one attached hydrogen (secondary N) is 1. The summed E-state index contributed by atoms with van der Waals surface area (Å²) in [6.45, 7) is 3.35. The highest BCUT2D eigenvalue weighted by molar-refractivity contribution is 5.89. The third-order valence-corrected chi connectivity index (χ3v) is 3.03. The van der Waals surface area contributed by atoms with Crippen LogP contribution in [0.3, 0.4) is 0 Å². The minimum Gasteiger partial charge on any atom is -0.497 e. The van der Waals surface area contributed by atoms with Crippen LogP contribution in [0.1, 0.15) is 20.3 Å². The van der Waals surface area contributed by atoms with E-state index in [2.05, 4.69) is 5.32 Å². The van der Waals surface area contributed by atoms with E-state index in [-0.39, 0.29) is 5.78 Å². The van der Waals surface area contributed by atoms with Gasteiger partial charge in [-0.1, -0.05) is 13.8 Å². The highest BCUT2D eigenvalue weighted by Gasteiger charge is 2.28. The molecule has 0 bridgehead atoms. The lowest BCUT2D eigenvalue weighted by atomic mass is 9.95. The number of hydrogen-bond donors (Lipinski definition) is 2. The van der Waals surface area contributed by atoms with Gasteiger partial charge in [0.25, 0.3) is 0 Å². The van der Waals surface area contributed by atoms with Gasteiger partial charge in [0.05, 0.1) is 7.11 Å². The number of rotatable bonds is 7. The van der Waals surface area contributed by atoms with Gasteiger partial charge in [0.2, 0.25) is 0 Å². The van der Waals surface area contributed by atoms with Gasteiger partial charge < -0.3 is 15.2 Å². The first-order chi connectivity index (χ1) is 8.99. The lowest BCUT2D eigenvalue weighted by Gasteiger charge is -2.21. The molecule has 0 saturated carbocycles. The van der Waals surface area contributed by atoms with Crippen molar-refractivity contribution in [2.24, 2.45) is 5.92 Å². The number of anilines is 1. The minimum atomic E-state index is -1.04. The third kappa shape index (κ3) is 3.98. The van der Waals surface area contributed by atoms with E-state index in [1.54, 1.807) is 45.2 Å². The van der Waals surface area contributed by atoms with Crippen LogP contribution < -0.4 is 10.1 Å². The molecule has 0 aromatic heterocycles. The Morgan fingerprint density at radius 3 is 2.32 bits per heavy atom. The number of carbonyl (C=O) groups excluding carboxylic acids is 1.